The summed E-state index contributed by atoms with van der Waals surface area (Å²) in [6.45, 7) is 5.06. The number of aromatic nitrogens is 1. The molecular formula is C18H25N3O3S2. The van der Waals surface area contributed by atoms with Gasteiger partial charge in [-0.05, 0) is 64.7 Å². The van der Waals surface area contributed by atoms with Gasteiger partial charge in [-0.15, -0.1) is 11.3 Å². The Morgan fingerprint density at radius 1 is 1.19 bits per heavy atom. The summed E-state index contributed by atoms with van der Waals surface area (Å²) < 4.78 is 27.6. The van der Waals surface area contributed by atoms with E-state index >= 15 is 0 Å². The molecule has 0 saturated heterocycles. The van der Waals surface area contributed by atoms with Gasteiger partial charge in [0.05, 0.1) is 20.5 Å². The first kappa shape index (κ1) is 19.3. The van der Waals surface area contributed by atoms with Crippen molar-refractivity contribution in [3.05, 3.63) is 23.7 Å². The molecule has 8 heteroatoms. The minimum atomic E-state index is -3.36. The molecule has 0 spiro atoms. The molecule has 142 valence electrons. The fourth-order valence-corrected chi connectivity index (χ4v) is 4.74. The van der Waals surface area contributed by atoms with Crippen molar-refractivity contribution in [2.45, 2.75) is 57.2 Å². The topological polar surface area (TPSA) is 88.2 Å². The molecule has 1 aromatic carbocycles. The average molecular weight is 396 g/mol. The van der Waals surface area contributed by atoms with Gasteiger partial charge < -0.3 is 5.32 Å². The molecule has 1 amide bonds. The number of hydrogen-bond donors (Lipinski definition) is 2. The lowest BCUT2D eigenvalue weighted by Crippen LogP contribution is -2.46. The Balaban J connectivity index is 1.55. The van der Waals surface area contributed by atoms with E-state index in [2.05, 4.69) is 15.0 Å². The summed E-state index contributed by atoms with van der Waals surface area (Å²) in [5.41, 5.74) is 3.42. The van der Waals surface area contributed by atoms with Gasteiger partial charge in [-0.3, -0.25) is 4.79 Å². The van der Waals surface area contributed by atoms with Crippen LogP contribution in [-0.4, -0.2) is 30.1 Å². The summed E-state index contributed by atoms with van der Waals surface area (Å²) in [6, 6.07) is 5.64. The van der Waals surface area contributed by atoms with E-state index in [1.807, 2.05) is 18.2 Å². The van der Waals surface area contributed by atoms with Gasteiger partial charge in [-0.2, -0.15) is 0 Å². The van der Waals surface area contributed by atoms with E-state index in [9.17, 15) is 13.2 Å². The molecule has 0 unspecified atom stereocenters. The molecule has 0 bridgehead atoms. The van der Waals surface area contributed by atoms with Crippen LogP contribution in [-0.2, 0) is 14.8 Å². The summed E-state index contributed by atoms with van der Waals surface area (Å²) in [6.07, 6.45) is 2.72. The lowest BCUT2D eigenvalue weighted by atomic mass is 9.86. The quantitative estimate of drug-likeness (QED) is 0.829. The smallest absolute Gasteiger partial charge is 0.227 e. The van der Waals surface area contributed by atoms with Crippen molar-refractivity contribution in [2.24, 2.45) is 5.92 Å². The Kier molecular flexibility index (Phi) is 5.37. The minimum Gasteiger partial charge on any atom is -0.326 e. The lowest BCUT2D eigenvalue weighted by molar-refractivity contribution is -0.120. The summed E-state index contributed by atoms with van der Waals surface area (Å²) in [5.74, 6) is -0.0896. The minimum absolute atomic E-state index is 0.00305. The zero-order valence-electron chi connectivity index (χ0n) is 15.3. The monoisotopic (exact) mass is 395 g/mol. The number of benzene rings is 1. The number of nitrogens with one attached hydrogen (secondary N) is 2. The third kappa shape index (κ3) is 4.24. The van der Waals surface area contributed by atoms with Gasteiger partial charge in [0.25, 0.3) is 0 Å². The fraction of sp³-hybridized carbons (Fsp3) is 0.556. The summed E-state index contributed by atoms with van der Waals surface area (Å²) in [5, 5.41) is 2.97. The van der Waals surface area contributed by atoms with Crippen molar-refractivity contribution in [1.29, 1.82) is 0 Å². The van der Waals surface area contributed by atoms with Gasteiger partial charge in [0.15, 0.2) is 0 Å². The maximum atomic E-state index is 12.5. The average Bonchev–Trinajstić information content (AvgIpc) is 3.01. The van der Waals surface area contributed by atoms with Crippen molar-refractivity contribution in [2.75, 3.05) is 5.32 Å². The molecule has 3 rings (SSSR count). The van der Waals surface area contributed by atoms with Crippen LogP contribution >= 0.6 is 11.3 Å². The number of thiazole rings is 1. The molecule has 0 atom stereocenters. The van der Waals surface area contributed by atoms with Crippen LogP contribution in [0.3, 0.4) is 0 Å². The Bertz CT molecular complexity index is 892. The van der Waals surface area contributed by atoms with Crippen molar-refractivity contribution >= 4 is 43.2 Å². The maximum Gasteiger partial charge on any atom is 0.227 e. The summed E-state index contributed by atoms with van der Waals surface area (Å²) in [7, 11) is -3.36. The number of carbonyl (C=O) groups is 1. The van der Waals surface area contributed by atoms with Crippen LogP contribution in [0.15, 0.2) is 23.7 Å². The van der Waals surface area contributed by atoms with Crippen LogP contribution in [0.4, 0.5) is 5.69 Å². The highest BCUT2D eigenvalue weighted by Crippen LogP contribution is 2.28. The molecular weight excluding hydrogens is 370 g/mol. The molecule has 2 aromatic rings. The molecule has 0 aliphatic heterocycles. The highest BCUT2D eigenvalue weighted by molar-refractivity contribution is 7.90. The van der Waals surface area contributed by atoms with E-state index in [0.29, 0.717) is 25.7 Å². The Morgan fingerprint density at radius 2 is 1.88 bits per heavy atom. The molecule has 1 aromatic heterocycles. The Morgan fingerprint density at radius 3 is 2.54 bits per heavy atom. The standard InChI is InChI=1S/C18H25N3O3S2/c1-18(2,3)26(23,24)21-13-6-4-12(5-7-13)17(22)20-14-8-9-16-15(10-14)19-11-25-16/h8-13,21H,4-7H2,1-3H3,(H,20,22). The second-order valence-corrected chi connectivity index (χ2v) is 11.2. The molecule has 6 nitrogen and oxygen atoms in total. The first-order valence-electron chi connectivity index (χ1n) is 8.82. The highest BCUT2D eigenvalue weighted by Gasteiger charge is 2.34. The van der Waals surface area contributed by atoms with Crippen LogP contribution in [0, 0.1) is 5.92 Å². The number of amides is 1. The largest absolute Gasteiger partial charge is 0.326 e. The van der Waals surface area contributed by atoms with Crippen molar-refractivity contribution in [3.8, 4) is 0 Å². The molecule has 26 heavy (non-hydrogen) atoms. The van der Waals surface area contributed by atoms with E-state index in [-0.39, 0.29) is 17.9 Å². The molecule has 2 N–H and O–H groups in total. The van der Waals surface area contributed by atoms with Crippen LogP contribution in [0.1, 0.15) is 46.5 Å². The normalized spacial score (nSPS) is 21.7. The molecule has 1 fully saturated rings. The maximum absolute atomic E-state index is 12.5. The number of carbonyl (C=O) groups excluding carboxylic acids is 1. The van der Waals surface area contributed by atoms with Crippen LogP contribution in [0.25, 0.3) is 10.2 Å². The fourth-order valence-electron chi connectivity index (χ4n) is 3.05. The molecule has 1 aliphatic carbocycles. The van der Waals surface area contributed by atoms with E-state index in [0.717, 1.165) is 15.9 Å². The number of hydrogen-bond acceptors (Lipinski definition) is 5. The number of fused-ring (bicyclic) bond motifs is 1. The number of nitrogens with zero attached hydrogens (tertiary/aromatic N) is 1. The van der Waals surface area contributed by atoms with Crippen LogP contribution < -0.4 is 10.0 Å². The molecule has 1 heterocycles. The van der Waals surface area contributed by atoms with Gasteiger partial charge in [0.2, 0.25) is 15.9 Å². The van der Waals surface area contributed by atoms with Crippen LogP contribution in [0.5, 0.6) is 0 Å². The van der Waals surface area contributed by atoms with E-state index in [1.165, 1.54) is 0 Å². The Labute approximate surface area is 158 Å². The highest BCUT2D eigenvalue weighted by atomic mass is 32.2. The van der Waals surface area contributed by atoms with Crippen molar-refractivity contribution in [1.82, 2.24) is 9.71 Å². The lowest BCUT2D eigenvalue weighted by Gasteiger charge is -2.30. The summed E-state index contributed by atoms with van der Waals surface area (Å²) >= 11 is 1.57. The third-order valence-electron chi connectivity index (χ3n) is 4.82. The third-order valence-corrected chi connectivity index (χ3v) is 7.89. The Hall–Kier alpha value is -1.51. The van der Waals surface area contributed by atoms with Gasteiger partial charge in [-0.1, -0.05) is 0 Å². The summed E-state index contributed by atoms with van der Waals surface area (Å²) in [4.78, 5) is 16.8. The first-order chi connectivity index (χ1) is 12.2. The number of anilines is 1. The van der Waals surface area contributed by atoms with Crippen LogP contribution in [0.2, 0.25) is 0 Å². The molecule has 1 saturated carbocycles. The molecule has 0 radical (unpaired) electrons. The second-order valence-electron chi connectivity index (χ2n) is 7.81. The van der Waals surface area contributed by atoms with Crippen molar-refractivity contribution < 1.29 is 13.2 Å². The van der Waals surface area contributed by atoms with Gasteiger partial charge >= 0.3 is 0 Å². The molecule has 1 aliphatic rings. The zero-order chi connectivity index (χ0) is 18.9. The number of rotatable bonds is 4. The first-order valence-corrected chi connectivity index (χ1v) is 11.2. The van der Waals surface area contributed by atoms with E-state index in [1.54, 1.807) is 37.6 Å². The SMILES string of the molecule is CC(C)(C)S(=O)(=O)NC1CCC(C(=O)Nc2ccc3scnc3c2)CC1. The zero-order valence-corrected chi connectivity index (χ0v) is 16.9. The van der Waals surface area contributed by atoms with Gasteiger partial charge in [-0.25, -0.2) is 18.1 Å². The van der Waals surface area contributed by atoms with Crippen molar-refractivity contribution in [3.63, 3.8) is 0 Å². The predicted molar refractivity (Wildman–Crippen MR) is 106 cm³/mol. The second kappa shape index (κ2) is 7.25. The van der Waals surface area contributed by atoms with E-state index in [4.69, 9.17) is 0 Å². The van der Waals surface area contributed by atoms with E-state index < -0.39 is 14.8 Å². The number of sulfonamides is 1. The van der Waals surface area contributed by atoms with Gasteiger partial charge in [0, 0.05) is 17.6 Å². The predicted octanol–water partition coefficient (Wildman–Crippen LogP) is 3.51. The van der Waals surface area contributed by atoms with Gasteiger partial charge in [0.1, 0.15) is 0 Å².